The van der Waals surface area contributed by atoms with Crippen molar-refractivity contribution in [3.63, 3.8) is 0 Å². The van der Waals surface area contributed by atoms with Crippen molar-refractivity contribution < 1.29 is 9.13 Å². The van der Waals surface area contributed by atoms with Crippen LogP contribution < -0.4 is 10.1 Å². The molecule has 0 atom stereocenters. The van der Waals surface area contributed by atoms with Crippen molar-refractivity contribution in [1.82, 2.24) is 15.2 Å². The minimum atomic E-state index is -0.410. The van der Waals surface area contributed by atoms with E-state index >= 15 is 0 Å². The zero-order valence-corrected chi connectivity index (χ0v) is 15.0. The minimum Gasteiger partial charge on any atom is -0.497 e. The Bertz CT molecular complexity index is 1140. The Balaban J connectivity index is 1.72. The molecule has 1 N–H and O–H groups in total. The summed E-state index contributed by atoms with van der Waals surface area (Å²) in [5.41, 5.74) is 2.99. The summed E-state index contributed by atoms with van der Waals surface area (Å²) in [5, 5.41) is 12.6. The molecule has 0 spiro atoms. The number of hydrogen-bond acceptors (Lipinski definition) is 5. The number of nitrogens with zero attached hydrogens (tertiary/aromatic N) is 3. The molecule has 0 aliphatic carbocycles. The zero-order chi connectivity index (χ0) is 18.8. The third-order valence-electron chi connectivity index (χ3n) is 4.09. The van der Waals surface area contributed by atoms with E-state index in [0.29, 0.717) is 22.0 Å². The van der Waals surface area contributed by atoms with Crippen LogP contribution in [0.15, 0.2) is 60.9 Å². The number of benzene rings is 2. The van der Waals surface area contributed by atoms with E-state index in [9.17, 15) is 4.39 Å². The van der Waals surface area contributed by atoms with Gasteiger partial charge in [0.2, 0.25) is 0 Å². The van der Waals surface area contributed by atoms with Crippen LogP contribution in [0, 0.1) is 5.82 Å². The smallest absolute Gasteiger partial charge is 0.132 e. The molecule has 2 aromatic carbocycles. The van der Waals surface area contributed by atoms with Gasteiger partial charge >= 0.3 is 0 Å². The summed E-state index contributed by atoms with van der Waals surface area (Å²) in [6.07, 6.45) is 3.28. The fraction of sp³-hybridized carbons (Fsp3) is 0.0500. The Hall–Kier alpha value is -3.25. The van der Waals surface area contributed by atoms with Gasteiger partial charge in [0.1, 0.15) is 11.6 Å². The number of pyridine rings is 1. The maximum Gasteiger partial charge on any atom is 0.132 e. The first-order valence-electron chi connectivity index (χ1n) is 8.12. The second-order valence-corrected chi connectivity index (χ2v) is 6.26. The second-order valence-electron chi connectivity index (χ2n) is 5.82. The van der Waals surface area contributed by atoms with Crippen molar-refractivity contribution in [2.45, 2.75) is 0 Å². The summed E-state index contributed by atoms with van der Waals surface area (Å²) < 4.78 is 19.4. The molecule has 5 nitrogen and oxygen atoms in total. The molecule has 27 heavy (non-hydrogen) atoms. The molecule has 134 valence electrons. The van der Waals surface area contributed by atoms with Gasteiger partial charge in [0, 0.05) is 33.9 Å². The average Bonchev–Trinajstić information content (AvgIpc) is 2.70. The van der Waals surface area contributed by atoms with Gasteiger partial charge in [-0.25, -0.2) is 4.39 Å². The Kier molecular flexibility index (Phi) is 4.56. The van der Waals surface area contributed by atoms with Gasteiger partial charge in [0.05, 0.1) is 30.2 Å². The van der Waals surface area contributed by atoms with Crippen LogP contribution in [0.5, 0.6) is 5.75 Å². The summed E-state index contributed by atoms with van der Waals surface area (Å²) >= 11 is 5.98. The van der Waals surface area contributed by atoms with Gasteiger partial charge in [-0.15, -0.1) is 0 Å². The maximum atomic E-state index is 14.1. The minimum absolute atomic E-state index is 0.294. The highest BCUT2D eigenvalue weighted by Crippen LogP contribution is 2.30. The first kappa shape index (κ1) is 17.2. The Morgan fingerprint density at radius 1 is 1.07 bits per heavy atom. The third-order valence-corrected chi connectivity index (χ3v) is 4.32. The highest BCUT2D eigenvalue weighted by molar-refractivity contribution is 6.30. The van der Waals surface area contributed by atoms with Crippen molar-refractivity contribution in [3.8, 4) is 17.0 Å². The number of hydrogen-bond donors (Lipinski definition) is 1. The van der Waals surface area contributed by atoms with Crippen molar-refractivity contribution in [2.75, 3.05) is 12.4 Å². The molecule has 0 bridgehead atoms. The normalized spacial score (nSPS) is 10.8. The Morgan fingerprint density at radius 2 is 1.96 bits per heavy atom. The number of aromatic nitrogens is 3. The molecule has 0 fully saturated rings. The largest absolute Gasteiger partial charge is 0.497 e. The summed E-state index contributed by atoms with van der Waals surface area (Å²) in [5.74, 6) is 0.323. The SMILES string of the molecule is COc1ccc2c(Nc3cnnc(-c4cc(Cl)ccc4F)c3)ccnc2c1. The van der Waals surface area contributed by atoms with Gasteiger partial charge in [-0.1, -0.05) is 11.6 Å². The topological polar surface area (TPSA) is 59.9 Å². The first-order valence-corrected chi connectivity index (χ1v) is 8.50. The molecule has 4 aromatic rings. The molecule has 0 amide bonds. The van der Waals surface area contributed by atoms with Gasteiger partial charge in [0.15, 0.2) is 0 Å². The van der Waals surface area contributed by atoms with E-state index in [1.54, 1.807) is 25.6 Å². The molecule has 0 saturated heterocycles. The molecular formula is C20H14ClFN4O. The number of halogens is 2. The van der Waals surface area contributed by atoms with Crippen LogP contribution >= 0.6 is 11.6 Å². The van der Waals surface area contributed by atoms with Crippen LogP contribution in [0.4, 0.5) is 15.8 Å². The molecule has 2 heterocycles. The molecule has 0 unspecified atom stereocenters. The second kappa shape index (κ2) is 7.17. The van der Waals surface area contributed by atoms with Crippen molar-refractivity contribution >= 4 is 33.9 Å². The predicted molar refractivity (Wildman–Crippen MR) is 104 cm³/mol. The highest BCUT2D eigenvalue weighted by Gasteiger charge is 2.10. The standard InChI is InChI=1S/C20H14ClFN4O/c1-27-14-3-4-15-18(6-7-23-19(15)10-14)25-13-9-20(26-24-11-13)16-8-12(21)2-5-17(16)22/h2-11H,1H3,(H,23,25,26). The number of methoxy groups -OCH3 is 1. The van der Waals surface area contributed by atoms with E-state index in [4.69, 9.17) is 16.3 Å². The first-order chi connectivity index (χ1) is 13.1. The van der Waals surface area contributed by atoms with Gasteiger partial charge in [0.25, 0.3) is 0 Å². The van der Waals surface area contributed by atoms with Crippen molar-refractivity contribution in [1.29, 1.82) is 0 Å². The van der Waals surface area contributed by atoms with Crippen molar-refractivity contribution in [3.05, 3.63) is 71.8 Å². The number of anilines is 2. The monoisotopic (exact) mass is 380 g/mol. The number of fused-ring (bicyclic) bond motifs is 1. The molecule has 0 radical (unpaired) electrons. The fourth-order valence-corrected chi connectivity index (χ4v) is 2.95. The van der Waals surface area contributed by atoms with Gasteiger partial charge in [-0.2, -0.15) is 10.2 Å². The van der Waals surface area contributed by atoms with E-state index in [1.807, 2.05) is 24.3 Å². The van der Waals surface area contributed by atoms with Crippen LogP contribution in [0.25, 0.3) is 22.2 Å². The summed E-state index contributed by atoms with van der Waals surface area (Å²) in [7, 11) is 1.61. The van der Waals surface area contributed by atoms with E-state index in [-0.39, 0.29) is 0 Å². The molecule has 0 aliphatic rings. The quantitative estimate of drug-likeness (QED) is 0.525. The lowest BCUT2D eigenvalue weighted by Crippen LogP contribution is -1.97. The van der Waals surface area contributed by atoms with Crippen LogP contribution in [0.3, 0.4) is 0 Å². The van der Waals surface area contributed by atoms with Crippen LogP contribution in [-0.4, -0.2) is 22.3 Å². The highest BCUT2D eigenvalue weighted by atomic mass is 35.5. The number of nitrogens with one attached hydrogen (secondary N) is 1. The van der Waals surface area contributed by atoms with Gasteiger partial charge in [-0.3, -0.25) is 4.98 Å². The summed E-state index contributed by atoms with van der Waals surface area (Å²) in [6.45, 7) is 0. The van der Waals surface area contributed by atoms with E-state index in [2.05, 4.69) is 20.5 Å². The molecule has 7 heteroatoms. The number of ether oxygens (including phenoxy) is 1. The number of rotatable bonds is 4. The lowest BCUT2D eigenvalue weighted by Gasteiger charge is -2.11. The third kappa shape index (κ3) is 3.52. The molecule has 0 saturated carbocycles. The Morgan fingerprint density at radius 3 is 2.81 bits per heavy atom. The lowest BCUT2D eigenvalue weighted by atomic mass is 10.1. The predicted octanol–water partition coefficient (Wildman–Crippen LogP) is 5.24. The molecule has 2 aromatic heterocycles. The van der Waals surface area contributed by atoms with Crippen LogP contribution in [0.1, 0.15) is 0 Å². The Labute approximate surface area is 159 Å². The summed E-state index contributed by atoms with van der Waals surface area (Å²) in [4.78, 5) is 4.37. The van der Waals surface area contributed by atoms with Crippen molar-refractivity contribution in [2.24, 2.45) is 0 Å². The molecule has 0 aliphatic heterocycles. The zero-order valence-electron chi connectivity index (χ0n) is 14.3. The van der Waals surface area contributed by atoms with Crippen LogP contribution in [0.2, 0.25) is 5.02 Å². The van der Waals surface area contributed by atoms with Gasteiger partial charge in [-0.05, 0) is 42.5 Å². The average molecular weight is 381 g/mol. The fourth-order valence-electron chi connectivity index (χ4n) is 2.78. The summed E-state index contributed by atoms with van der Waals surface area (Å²) in [6, 6.07) is 13.6. The van der Waals surface area contributed by atoms with E-state index < -0.39 is 5.82 Å². The molecule has 4 rings (SSSR count). The molecular weight excluding hydrogens is 367 g/mol. The van der Waals surface area contributed by atoms with Crippen LogP contribution in [-0.2, 0) is 0 Å². The van der Waals surface area contributed by atoms with E-state index in [0.717, 1.165) is 22.3 Å². The van der Waals surface area contributed by atoms with Gasteiger partial charge < -0.3 is 10.1 Å². The maximum absolute atomic E-state index is 14.1. The van der Waals surface area contributed by atoms with E-state index in [1.165, 1.54) is 18.2 Å². The lowest BCUT2D eigenvalue weighted by molar-refractivity contribution is 0.415.